The van der Waals surface area contributed by atoms with Crippen LogP contribution in [0.15, 0.2) is 61.3 Å². The molecule has 5 nitrogen and oxygen atoms in total. The van der Waals surface area contributed by atoms with E-state index in [0.29, 0.717) is 22.4 Å². The lowest BCUT2D eigenvalue weighted by Crippen LogP contribution is -2.05. The van der Waals surface area contributed by atoms with Crippen LogP contribution >= 0.6 is 23.2 Å². The third-order valence-corrected chi connectivity index (χ3v) is 4.18. The van der Waals surface area contributed by atoms with Gasteiger partial charge in [0.2, 0.25) is 0 Å². The first-order valence-corrected chi connectivity index (χ1v) is 8.37. The second kappa shape index (κ2) is 6.70. The molecule has 25 heavy (non-hydrogen) atoms. The minimum Gasteiger partial charge on any atom is -0.363 e. The molecule has 0 saturated carbocycles. The van der Waals surface area contributed by atoms with Gasteiger partial charge >= 0.3 is 0 Å². The van der Waals surface area contributed by atoms with Crippen molar-refractivity contribution in [3.05, 3.63) is 76.9 Å². The number of anilines is 1. The third kappa shape index (κ3) is 3.43. The fraction of sp³-hybridized carbons (Fsp3) is 0.0556. The van der Waals surface area contributed by atoms with Gasteiger partial charge in [-0.2, -0.15) is 0 Å². The summed E-state index contributed by atoms with van der Waals surface area (Å²) in [7, 11) is 0. The number of fused-ring (bicyclic) bond motifs is 1. The van der Waals surface area contributed by atoms with Gasteiger partial charge in [-0.1, -0.05) is 23.2 Å². The number of hydrogen-bond donors (Lipinski definition) is 1. The minimum atomic E-state index is 0.571. The largest absolute Gasteiger partial charge is 0.363 e. The standard InChI is InChI=1S/C18H13Cl2N5/c19-14-7-13(8-15(20)9-14)16-11-25-6-5-22-18(25)17(24-16)23-10-12-1-3-21-4-2-12/h1-9,11H,10H2,(H,23,24). The zero-order valence-electron chi connectivity index (χ0n) is 13.0. The molecule has 0 aliphatic carbocycles. The molecule has 7 heteroatoms. The highest BCUT2D eigenvalue weighted by atomic mass is 35.5. The van der Waals surface area contributed by atoms with Crippen molar-refractivity contribution in [2.24, 2.45) is 0 Å². The van der Waals surface area contributed by atoms with Crippen molar-refractivity contribution in [2.75, 3.05) is 5.32 Å². The Morgan fingerprint density at radius 1 is 1.00 bits per heavy atom. The summed E-state index contributed by atoms with van der Waals surface area (Å²) in [6.07, 6.45) is 9.05. The molecule has 0 spiro atoms. The molecule has 0 bridgehead atoms. The molecular weight excluding hydrogens is 357 g/mol. The minimum absolute atomic E-state index is 0.571. The highest BCUT2D eigenvalue weighted by Crippen LogP contribution is 2.28. The maximum absolute atomic E-state index is 6.13. The molecule has 0 atom stereocenters. The number of hydrogen-bond acceptors (Lipinski definition) is 4. The highest BCUT2D eigenvalue weighted by molar-refractivity contribution is 6.35. The van der Waals surface area contributed by atoms with Crippen LogP contribution in [0.2, 0.25) is 10.0 Å². The van der Waals surface area contributed by atoms with Crippen LogP contribution in [0.1, 0.15) is 5.56 Å². The molecule has 4 aromatic rings. The Balaban J connectivity index is 1.74. The molecule has 124 valence electrons. The zero-order chi connectivity index (χ0) is 17.2. The van der Waals surface area contributed by atoms with Crippen LogP contribution in [-0.2, 0) is 6.54 Å². The van der Waals surface area contributed by atoms with Gasteiger partial charge < -0.3 is 9.72 Å². The maximum atomic E-state index is 6.13. The fourth-order valence-electron chi connectivity index (χ4n) is 2.58. The third-order valence-electron chi connectivity index (χ3n) is 3.74. The van der Waals surface area contributed by atoms with E-state index in [0.717, 1.165) is 22.5 Å². The highest BCUT2D eigenvalue weighted by Gasteiger charge is 2.10. The summed E-state index contributed by atoms with van der Waals surface area (Å²) in [4.78, 5) is 13.1. The molecule has 1 aromatic carbocycles. The normalized spacial score (nSPS) is 11.0. The number of imidazole rings is 1. The van der Waals surface area contributed by atoms with Crippen LogP contribution < -0.4 is 5.32 Å². The summed E-state index contributed by atoms with van der Waals surface area (Å²) in [5.41, 5.74) is 3.47. The molecular formula is C18H13Cl2N5. The maximum Gasteiger partial charge on any atom is 0.180 e. The molecule has 0 radical (unpaired) electrons. The van der Waals surface area contributed by atoms with Gasteiger partial charge in [0, 0.05) is 53.1 Å². The van der Waals surface area contributed by atoms with E-state index in [2.05, 4.69) is 15.3 Å². The molecule has 4 rings (SSSR count). The van der Waals surface area contributed by atoms with Crippen LogP contribution in [0.4, 0.5) is 5.82 Å². The van der Waals surface area contributed by atoms with Gasteiger partial charge in [-0.3, -0.25) is 4.98 Å². The lowest BCUT2D eigenvalue weighted by Gasteiger charge is -2.10. The van der Waals surface area contributed by atoms with Crippen molar-refractivity contribution >= 4 is 34.7 Å². The molecule has 0 fully saturated rings. The molecule has 0 amide bonds. The van der Waals surface area contributed by atoms with E-state index in [-0.39, 0.29) is 0 Å². The van der Waals surface area contributed by atoms with Crippen LogP contribution in [-0.4, -0.2) is 19.4 Å². The van der Waals surface area contributed by atoms with Gasteiger partial charge in [-0.25, -0.2) is 9.97 Å². The lowest BCUT2D eigenvalue weighted by atomic mass is 10.1. The van der Waals surface area contributed by atoms with Gasteiger partial charge in [0.05, 0.1) is 5.69 Å². The number of nitrogens with one attached hydrogen (secondary N) is 1. The van der Waals surface area contributed by atoms with E-state index in [1.165, 1.54) is 0 Å². The first-order chi connectivity index (χ1) is 12.2. The summed E-state index contributed by atoms with van der Waals surface area (Å²) >= 11 is 12.3. The number of benzene rings is 1. The second-order valence-electron chi connectivity index (χ2n) is 5.50. The van der Waals surface area contributed by atoms with Crippen molar-refractivity contribution in [3.8, 4) is 11.3 Å². The first kappa shape index (κ1) is 15.9. The summed E-state index contributed by atoms with van der Waals surface area (Å²) < 4.78 is 1.92. The van der Waals surface area contributed by atoms with E-state index < -0.39 is 0 Å². The summed E-state index contributed by atoms with van der Waals surface area (Å²) in [6.45, 7) is 0.623. The zero-order valence-corrected chi connectivity index (χ0v) is 14.5. The SMILES string of the molecule is Clc1cc(Cl)cc(-c2cn3ccnc3c(NCc3ccncc3)n2)c1. The Morgan fingerprint density at radius 2 is 1.76 bits per heavy atom. The Kier molecular flexibility index (Phi) is 4.26. The van der Waals surface area contributed by atoms with E-state index in [4.69, 9.17) is 28.2 Å². The Bertz CT molecular complexity index is 1010. The Morgan fingerprint density at radius 3 is 2.52 bits per heavy atom. The average molecular weight is 370 g/mol. The van der Waals surface area contributed by atoms with Crippen molar-refractivity contribution < 1.29 is 0 Å². The number of aromatic nitrogens is 4. The predicted octanol–water partition coefficient (Wildman–Crippen LogP) is 4.71. The molecule has 1 N–H and O–H groups in total. The van der Waals surface area contributed by atoms with Gasteiger partial charge in [-0.15, -0.1) is 0 Å². The topological polar surface area (TPSA) is 55.1 Å². The van der Waals surface area contributed by atoms with Crippen molar-refractivity contribution in [2.45, 2.75) is 6.54 Å². The van der Waals surface area contributed by atoms with Crippen molar-refractivity contribution in [1.29, 1.82) is 0 Å². The number of pyridine rings is 1. The van der Waals surface area contributed by atoms with Crippen molar-refractivity contribution in [3.63, 3.8) is 0 Å². The Labute approximate surface area is 154 Å². The molecule has 0 aliphatic heterocycles. The number of nitrogens with zero attached hydrogens (tertiary/aromatic N) is 4. The van der Waals surface area contributed by atoms with Gasteiger partial charge in [0.25, 0.3) is 0 Å². The van der Waals surface area contributed by atoms with Crippen LogP contribution in [0, 0.1) is 0 Å². The summed E-state index contributed by atoms with van der Waals surface area (Å²) in [6, 6.07) is 9.29. The molecule has 3 heterocycles. The quantitative estimate of drug-likeness (QED) is 0.565. The first-order valence-electron chi connectivity index (χ1n) is 7.62. The van der Waals surface area contributed by atoms with E-state index >= 15 is 0 Å². The molecule has 0 saturated heterocycles. The lowest BCUT2D eigenvalue weighted by molar-refractivity contribution is 1.07. The fourth-order valence-corrected chi connectivity index (χ4v) is 3.10. The van der Waals surface area contributed by atoms with Gasteiger partial charge in [0.1, 0.15) is 0 Å². The molecule has 0 unspecified atom stereocenters. The van der Waals surface area contributed by atoms with E-state index in [1.54, 1.807) is 24.7 Å². The van der Waals surface area contributed by atoms with Crippen LogP contribution in [0.5, 0.6) is 0 Å². The Hall–Kier alpha value is -2.63. The van der Waals surface area contributed by atoms with E-state index in [1.807, 2.05) is 41.1 Å². The second-order valence-corrected chi connectivity index (χ2v) is 6.37. The van der Waals surface area contributed by atoms with Gasteiger partial charge in [0.15, 0.2) is 11.5 Å². The predicted molar refractivity (Wildman–Crippen MR) is 100 cm³/mol. The number of rotatable bonds is 4. The van der Waals surface area contributed by atoms with Crippen LogP contribution in [0.3, 0.4) is 0 Å². The average Bonchev–Trinajstić information content (AvgIpc) is 3.08. The smallest absolute Gasteiger partial charge is 0.180 e. The van der Waals surface area contributed by atoms with Crippen molar-refractivity contribution in [1.82, 2.24) is 19.4 Å². The monoisotopic (exact) mass is 369 g/mol. The summed E-state index contributed by atoms with van der Waals surface area (Å²) in [5.74, 6) is 0.690. The number of halogens is 2. The molecule has 0 aliphatic rings. The van der Waals surface area contributed by atoms with E-state index in [9.17, 15) is 0 Å². The summed E-state index contributed by atoms with van der Waals surface area (Å²) in [5, 5.41) is 4.48. The van der Waals surface area contributed by atoms with Gasteiger partial charge in [-0.05, 0) is 35.9 Å². The molecule has 3 aromatic heterocycles. The van der Waals surface area contributed by atoms with Crippen LogP contribution in [0.25, 0.3) is 16.9 Å².